The van der Waals surface area contributed by atoms with E-state index in [1.54, 1.807) is 38.0 Å². The zero-order valence-corrected chi connectivity index (χ0v) is 14.1. The van der Waals surface area contributed by atoms with Crippen LogP contribution in [0.15, 0.2) is 42.6 Å². The van der Waals surface area contributed by atoms with Gasteiger partial charge in [-0.05, 0) is 19.1 Å². The maximum atomic E-state index is 12.0. The van der Waals surface area contributed by atoms with E-state index < -0.39 is 6.10 Å². The van der Waals surface area contributed by atoms with Gasteiger partial charge >= 0.3 is 0 Å². The predicted octanol–water partition coefficient (Wildman–Crippen LogP) is 1.23. The molecular formula is C17H22N4O3. The van der Waals surface area contributed by atoms with Crippen molar-refractivity contribution in [3.8, 4) is 11.6 Å². The molecule has 1 aromatic carbocycles. The van der Waals surface area contributed by atoms with Crippen molar-refractivity contribution in [2.45, 2.75) is 19.4 Å². The SMILES string of the molecule is CC(Oc1ccn(-c2ccccc2)n1)C(=O)NCCC(=O)N(C)C. The molecule has 2 rings (SSSR count). The van der Waals surface area contributed by atoms with Gasteiger partial charge in [0.1, 0.15) is 0 Å². The summed E-state index contributed by atoms with van der Waals surface area (Å²) in [5.74, 6) is 0.0483. The second kappa shape index (κ2) is 8.14. The van der Waals surface area contributed by atoms with Crippen molar-refractivity contribution in [2.24, 2.45) is 0 Å². The average molecular weight is 330 g/mol. The lowest BCUT2D eigenvalue weighted by Crippen LogP contribution is -2.38. The number of carbonyl (C=O) groups excluding carboxylic acids is 2. The molecule has 0 aliphatic heterocycles. The number of aromatic nitrogens is 2. The summed E-state index contributed by atoms with van der Waals surface area (Å²) < 4.78 is 7.22. The molecule has 2 amide bonds. The normalized spacial score (nSPS) is 11.6. The fraction of sp³-hybridized carbons (Fsp3) is 0.353. The van der Waals surface area contributed by atoms with Crippen molar-refractivity contribution >= 4 is 11.8 Å². The molecular weight excluding hydrogens is 308 g/mol. The molecule has 0 saturated heterocycles. The van der Waals surface area contributed by atoms with E-state index in [0.29, 0.717) is 5.88 Å². The quantitative estimate of drug-likeness (QED) is 0.828. The number of para-hydroxylation sites is 1. The van der Waals surface area contributed by atoms with E-state index in [-0.39, 0.29) is 24.8 Å². The van der Waals surface area contributed by atoms with Crippen LogP contribution in [0, 0.1) is 0 Å². The van der Waals surface area contributed by atoms with Crippen molar-refractivity contribution in [3.63, 3.8) is 0 Å². The Labute approximate surface area is 141 Å². The van der Waals surface area contributed by atoms with Gasteiger partial charge < -0.3 is 15.0 Å². The van der Waals surface area contributed by atoms with Gasteiger partial charge in [-0.2, -0.15) is 0 Å². The Balaban J connectivity index is 1.84. The molecule has 7 nitrogen and oxygen atoms in total. The molecule has 0 radical (unpaired) electrons. The Kier molecular flexibility index (Phi) is 5.95. The lowest BCUT2D eigenvalue weighted by Gasteiger charge is -2.14. The number of ether oxygens (including phenoxy) is 1. The van der Waals surface area contributed by atoms with Crippen LogP contribution in [0.1, 0.15) is 13.3 Å². The summed E-state index contributed by atoms with van der Waals surface area (Å²) in [4.78, 5) is 24.9. The van der Waals surface area contributed by atoms with Crippen LogP contribution in [0.3, 0.4) is 0 Å². The fourth-order valence-electron chi connectivity index (χ4n) is 1.99. The van der Waals surface area contributed by atoms with Gasteiger partial charge in [-0.3, -0.25) is 9.59 Å². The van der Waals surface area contributed by atoms with Gasteiger partial charge in [-0.15, -0.1) is 5.10 Å². The minimum atomic E-state index is -0.696. The van der Waals surface area contributed by atoms with Crippen LogP contribution in [0.5, 0.6) is 5.88 Å². The van der Waals surface area contributed by atoms with Gasteiger partial charge in [0.15, 0.2) is 6.10 Å². The maximum absolute atomic E-state index is 12.0. The Morgan fingerprint density at radius 3 is 2.62 bits per heavy atom. The predicted molar refractivity (Wildman–Crippen MR) is 90.0 cm³/mol. The van der Waals surface area contributed by atoms with Crippen LogP contribution in [0.25, 0.3) is 5.69 Å². The largest absolute Gasteiger partial charge is 0.463 e. The standard InChI is InChI=1S/C17H22N4O3/c1-13(17(23)18-11-9-16(22)20(2)3)24-15-10-12-21(19-15)14-7-5-4-6-8-14/h4-8,10,12-13H,9,11H2,1-3H3,(H,18,23). The molecule has 0 spiro atoms. The number of benzene rings is 1. The second-order valence-corrected chi connectivity index (χ2v) is 5.52. The van der Waals surface area contributed by atoms with Gasteiger partial charge in [0.05, 0.1) is 5.69 Å². The molecule has 2 aromatic rings. The molecule has 1 N–H and O–H groups in total. The summed E-state index contributed by atoms with van der Waals surface area (Å²) in [6, 6.07) is 11.3. The first-order valence-corrected chi connectivity index (χ1v) is 7.73. The number of amides is 2. The number of carbonyl (C=O) groups is 2. The fourth-order valence-corrected chi connectivity index (χ4v) is 1.99. The van der Waals surface area contributed by atoms with Crippen LogP contribution in [0.2, 0.25) is 0 Å². The van der Waals surface area contributed by atoms with Gasteiger partial charge in [0.2, 0.25) is 11.8 Å². The van der Waals surface area contributed by atoms with E-state index in [2.05, 4.69) is 10.4 Å². The summed E-state index contributed by atoms with van der Waals surface area (Å²) in [5.41, 5.74) is 0.909. The highest BCUT2D eigenvalue weighted by Crippen LogP contribution is 2.13. The molecule has 7 heteroatoms. The molecule has 1 heterocycles. The Bertz CT molecular complexity index is 682. The van der Waals surface area contributed by atoms with Crippen LogP contribution < -0.4 is 10.1 Å². The molecule has 24 heavy (non-hydrogen) atoms. The van der Waals surface area contributed by atoms with Gasteiger partial charge in [0, 0.05) is 39.3 Å². The highest BCUT2D eigenvalue weighted by molar-refractivity contribution is 5.81. The number of nitrogens with one attached hydrogen (secondary N) is 1. The van der Waals surface area contributed by atoms with Crippen molar-refractivity contribution in [1.82, 2.24) is 20.0 Å². The Hall–Kier alpha value is -2.83. The summed E-state index contributed by atoms with van der Waals surface area (Å²) in [6.45, 7) is 1.92. The first kappa shape index (κ1) is 17.5. The zero-order chi connectivity index (χ0) is 17.5. The molecule has 1 aromatic heterocycles. The molecule has 0 fully saturated rings. The minimum Gasteiger partial charge on any atom is -0.463 e. The maximum Gasteiger partial charge on any atom is 0.260 e. The van der Waals surface area contributed by atoms with Crippen LogP contribution >= 0.6 is 0 Å². The second-order valence-electron chi connectivity index (χ2n) is 5.52. The van der Waals surface area contributed by atoms with E-state index in [9.17, 15) is 9.59 Å². The van der Waals surface area contributed by atoms with Crippen molar-refractivity contribution in [3.05, 3.63) is 42.6 Å². The van der Waals surface area contributed by atoms with Crippen LogP contribution in [0.4, 0.5) is 0 Å². The average Bonchev–Trinajstić information content (AvgIpc) is 3.03. The van der Waals surface area contributed by atoms with E-state index in [1.807, 2.05) is 30.3 Å². The van der Waals surface area contributed by atoms with E-state index >= 15 is 0 Å². The lowest BCUT2D eigenvalue weighted by molar-refractivity contribution is -0.129. The number of hydrogen-bond acceptors (Lipinski definition) is 4. The molecule has 0 bridgehead atoms. The zero-order valence-electron chi connectivity index (χ0n) is 14.1. The van der Waals surface area contributed by atoms with Crippen molar-refractivity contribution in [1.29, 1.82) is 0 Å². The number of rotatable bonds is 7. The molecule has 1 unspecified atom stereocenters. The van der Waals surface area contributed by atoms with Crippen molar-refractivity contribution < 1.29 is 14.3 Å². The third kappa shape index (κ3) is 4.84. The van der Waals surface area contributed by atoms with Crippen molar-refractivity contribution in [2.75, 3.05) is 20.6 Å². The summed E-state index contributed by atoms with van der Waals surface area (Å²) in [5, 5.41) is 6.97. The Morgan fingerprint density at radius 2 is 1.96 bits per heavy atom. The van der Waals surface area contributed by atoms with E-state index in [4.69, 9.17) is 4.74 Å². The van der Waals surface area contributed by atoms with Gasteiger partial charge in [0.25, 0.3) is 5.91 Å². The highest BCUT2D eigenvalue weighted by atomic mass is 16.5. The minimum absolute atomic E-state index is 0.0366. The third-order valence-electron chi connectivity index (χ3n) is 3.39. The van der Waals surface area contributed by atoms with Crippen LogP contribution in [-0.2, 0) is 9.59 Å². The first-order valence-electron chi connectivity index (χ1n) is 7.73. The molecule has 1 atom stereocenters. The summed E-state index contributed by atoms with van der Waals surface area (Å²) >= 11 is 0. The van der Waals surface area contributed by atoms with Crippen LogP contribution in [-0.4, -0.2) is 53.2 Å². The first-order chi connectivity index (χ1) is 11.5. The lowest BCUT2D eigenvalue weighted by atomic mass is 10.3. The molecule has 0 aliphatic carbocycles. The number of nitrogens with zero attached hydrogens (tertiary/aromatic N) is 3. The summed E-state index contributed by atoms with van der Waals surface area (Å²) in [6.07, 6.45) is 1.33. The molecule has 128 valence electrons. The smallest absolute Gasteiger partial charge is 0.260 e. The molecule has 0 saturated carbocycles. The summed E-state index contributed by atoms with van der Waals surface area (Å²) in [7, 11) is 3.36. The van der Waals surface area contributed by atoms with Gasteiger partial charge in [-0.1, -0.05) is 18.2 Å². The highest BCUT2D eigenvalue weighted by Gasteiger charge is 2.16. The number of hydrogen-bond donors (Lipinski definition) is 1. The Morgan fingerprint density at radius 1 is 1.25 bits per heavy atom. The molecule has 0 aliphatic rings. The monoisotopic (exact) mass is 330 g/mol. The van der Waals surface area contributed by atoms with E-state index in [0.717, 1.165) is 5.69 Å². The third-order valence-corrected chi connectivity index (χ3v) is 3.39. The topological polar surface area (TPSA) is 76.5 Å². The van der Waals surface area contributed by atoms with E-state index in [1.165, 1.54) is 4.90 Å². The van der Waals surface area contributed by atoms with Gasteiger partial charge in [-0.25, -0.2) is 4.68 Å².